The van der Waals surface area contributed by atoms with Crippen molar-refractivity contribution in [2.24, 2.45) is 5.84 Å². The van der Waals surface area contributed by atoms with Crippen LogP contribution in [0.5, 0.6) is 0 Å². The van der Waals surface area contributed by atoms with Crippen LogP contribution in [0.2, 0.25) is 10.0 Å². The number of hydrazine groups is 1. The first kappa shape index (κ1) is 11.5. The van der Waals surface area contributed by atoms with Crippen LogP contribution in [0, 0.1) is 13.8 Å². The van der Waals surface area contributed by atoms with Crippen molar-refractivity contribution in [3.63, 3.8) is 0 Å². The summed E-state index contributed by atoms with van der Waals surface area (Å²) >= 11 is 12.1. The molecule has 0 saturated carbocycles. The lowest BCUT2D eigenvalue weighted by atomic mass is 10.1. The molecular formula is C11H11Cl2N3. The van der Waals surface area contributed by atoms with Crippen LogP contribution in [0.25, 0.3) is 10.9 Å². The Kier molecular flexibility index (Phi) is 2.93. The molecule has 3 N–H and O–H groups in total. The van der Waals surface area contributed by atoms with Crippen LogP contribution in [0.4, 0.5) is 5.69 Å². The molecule has 0 aliphatic rings. The molecule has 0 unspecified atom stereocenters. The van der Waals surface area contributed by atoms with Crippen molar-refractivity contribution < 1.29 is 0 Å². The van der Waals surface area contributed by atoms with Crippen molar-refractivity contribution in [1.82, 2.24) is 4.98 Å². The fourth-order valence-corrected chi connectivity index (χ4v) is 2.03. The smallest absolute Gasteiger partial charge is 0.0928 e. The molecule has 0 aliphatic carbocycles. The largest absolute Gasteiger partial charge is 0.323 e. The van der Waals surface area contributed by atoms with Gasteiger partial charge in [0, 0.05) is 11.1 Å². The van der Waals surface area contributed by atoms with Crippen LogP contribution in [0.3, 0.4) is 0 Å². The van der Waals surface area contributed by atoms with E-state index in [1.165, 1.54) is 0 Å². The molecule has 1 heterocycles. The predicted octanol–water partition coefficient (Wildman–Crippen LogP) is 3.44. The number of pyridine rings is 1. The molecule has 0 amide bonds. The Morgan fingerprint density at radius 1 is 1.25 bits per heavy atom. The fraction of sp³-hybridized carbons (Fsp3) is 0.182. The maximum absolute atomic E-state index is 6.12. The standard InChI is InChI=1S/C11H11Cl2N3/c1-5-6(2)15-11-7(10(5)16-14)3-4-8(12)9(11)13/h3-4H,14H2,1-2H3,(H,15,16). The van der Waals surface area contributed by atoms with Crippen LogP contribution in [0.15, 0.2) is 12.1 Å². The minimum absolute atomic E-state index is 0.457. The zero-order valence-corrected chi connectivity index (χ0v) is 10.4. The molecule has 0 atom stereocenters. The average Bonchev–Trinajstić information content (AvgIpc) is 2.27. The van der Waals surface area contributed by atoms with Gasteiger partial charge in [0.2, 0.25) is 0 Å². The van der Waals surface area contributed by atoms with Crippen molar-refractivity contribution in [1.29, 1.82) is 0 Å². The highest BCUT2D eigenvalue weighted by Gasteiger charge is 2.12. The zero-order valence-electron chi connectivity index (χ0n) is 8.94. The highest BCUT2D eigenvalue weighted by molar-refractivity contribution is 6.45. The Balaban J connectivity index is 2.96. The van der Waals surface area contributed by atoms with E-state index in [2.05, 4.69) is 10.4 Å². The van der Waals surface area contributed by atoms with Crippen LogP contribution in [0.1, 0.15) is 11.3 Å². The minimum Gasteiger partial charge on any atom is -0.323 e. The van der Waals surface area contributed by atoms with Crippen molar-refractivity contribution in [3.05, 3.63) is 33.4 Å². The Hall–Kier alpha value is -1.03. The van der Waals surface area contributed by atoms with Crippen molar-refractivity contribution in [2.45, 2.75) is 13.8 Å². The molecule has 3 nitrogen and oxygen atoms in total. The summed E-state index contributed by atoms with van der Waals surface area (Å²) in [5.41, 5.74) is 6.08. The highest BCUT2D eigenvalue weighted by atomic mass is 35.5. The lowest BCUT2D eigenvalue weighted by Gasteiger charge is -2.12. The van der Waals surface area contributed by atoms with Gasteiger partial charge in [0.1, 0.15) is 0 Å². The molecule has 1 aromatic carbocycles. The van der Waals surface area contributed by atoms with E-state index in [4.69, 9.17) is 29.0 Å². The summed E-state index contributed by atoms with van der Waals surface area (Å²) in [6, 6.07) is 3.60. The van der Waals surface area contributed by atoms with Gasteiger partial charge in [0.15, 0.2) is 0 Å². The molecule has 84 valence electrons. The molecule has 16 heavy (non-hydrogen) atoms. The second-order valence-corrected chi connectivity index (χ2v) is 4.38. The number of aromatic nitrogens is 1. The van der Waals surface area contributed by atoms with E-state index in [-0.39, 0.29) is 0 Å². The number of nitrogens with zero attached hydrogens (tertiary/aromatic N) is 1. The van der Waals surface area contributed by atoms with E-state index in [1.807, 2.05) is 19.9 Å². The maximum Gasteiger partial charge on any atom is 0.0928 e. The van der Waals surface area contributed by atoms with Crippen LogP contribution >= 0.6 is 23.2 Å². The summed E-state index contributed by atoms with van der Waals surface area (Å²) in [4.78, 5) is 4.43. The molecule has 0 spiro atoms. The number of nitrogen functional groups attached to an aromatic ring is 1. The number of hydrogen-bond donors (Lipinski definition) is 2. The molecule has 0 fully saturated rings. The number of rotatable bonds is 1. The van der Waals surface area contributed by atoms with Gasteiger partial charge in [0.25, 0.3) is 0 Å². The first-order chi connectivity index (χ1) is 7.56. The Labute approximate surface area is 104 Å². The molecule has 0 bridgehead atoms. The van der Waals surface area contributed by atoms with Crippen molar-refractivity contribution >= 4 is 39.8 Å². The number of anilines is 1. The molecule has 0 radical (unpaired) electrons. The highest BCUT2D eigenvalue weighted by Crippen LogP contribution is 2.35. The van der Waals surface area contributed by atoms with Crippen molar-refractivity contribution in [2.75, 3.05) is 5.43 Å². The number of benzene rings is 1. The van der Waals surface area contributed by atoms with Gasteiger partial charge in [0.05, 0.1) is 21.2 Å². The summed E-state index contributed by atoms with van der Waals surface area (Å²) in [6.45, 7) is 3.87. The van der Waals surface area contributed by atoms with E-state index in [1.54, 1.807) is 6.07 Å². The monoisotopic (exact) mass is 255 g/mol. The normalized spacial score (nSPS) is 10.8. The predicted molar refractivity (Wildman–Crippen MR) is 69.0 cm³/mol. The molecule has 5 heteroatoms. The van der Waals surface area contributed by atoms with E-state index >= 15 is 0 Å². The Morgan fingerprint density at radius 3 is 2.56 bits per heavy atom. The van der Waals surface area contributed by atoms with Gasteiger partial charge in [-0.2, -0.15) is 0 Å². The number of halogens is 2. The molecule has 2 aromatic rings. The number of hydrogen-bond acceptors (Lipinski definition) is 3. The topological polar surface area (TPSA) is 50.9 Å². The van der Waals surface area contributed by atoms with Crippen LogP contribution in [-0.2, 0) is 0 Å². The van der Waals surface area contributed by atoms with Gasteiger partial charge in [-0.1, -0.05) is 23.2 Å². The number of fused-ring (bicyclic) bond motifs is 1. The first-order valence-electron chi connectivity index (χ1n) is 4.77. The first-order valence-corrected chi connectivity index (χ1v) is 5.53. The van der Waals surface area contributed by atoms with Gasteiger partial charge < -0.3 is 5.43 Å². The Bertz CT molecular complexity index is 567. The molecule has 2 rings (SSSR count). The van der Waals surface area contributed by atoms with Crippen LogP contribution < -0.4 is 11.3 Å². The third-order valence-electron chi connectivity index (χ3n) is 2.68. The van der Waals surface area contributed by atoms with Gasteiger partial charge in [-0.3, -0.25) is 10.8 Å². The summed E-state index contributed by atoms with van der Waals surface area (Å²) in [6.07, 6.45) is 0. The number of nitrogens with one attached hydrogen (secondary N) is 1. The third-order valence-corrected chi connectivity index (χ3v) is 3.47. The number of aryl methyl sites for hydroxylation is 1. The second-order valence-electron chi connectivity index (χ2n) is 3.60. The lowest BCUT2D eigenvalue weighted by Crippen LogP contribution is -2.10. The van der Waals surface area contributed by atoms with Gasteiger partial charge in [-0.15, -0.1) is 0 Å². The van der Waals surface area contributed by atoms with E-state index in [9.17, 15) is 0 Å². The zero-order chi connectivity index (χ0) is 11.9. The minimum atomic E-state index is 0.457. The van der Waals surface area contributed by atoms with E-state index < -0.39 is 0 Å². The van der Waals surface area contributed by atoms with Gasteiger partial charge >= 0.3 is 0 Å². The molecular weight excluding hydrogens is 245 g/mol. The number of nitrogens with two attached hydrogens (primary N) is 1. The van der Waals surface area contributed by atoms with Crippen molar-refractivity contribution in [3.8, 4) is 0 Å². The molecule has 1 aromatic heterocycles. The summed E-state index contributed by atoms with van der Waals surface area (Å²) in [5.74, 6) is 5.52. The maximum atomic E-state index is 6.12. The van der Waals surface area contributed by atoms with E-state index in [0.717, 1.165) is 22.3 Å². The van der Waals surface area contributed by atoms with Gasteiger partial charge in [-0.25, -0.2) is 0 Å². The molecule has 0 aliphatic heterocycles. The fourth-order valence-electron chi connectivity index (χ4n) is 1.67. The third kappa shape index (κ3) is 1.61. The second kappa shape index (κ2) is 4.09. The van der Waals surface area contributed by atoms with Crippen LogP contribution in [-0.4, -0.2) is 4.98 Å². The lowest BCUT2D eigenvalue weighted by molar-refractivity contribution is 1.18. The molecule has 0 saturated heterocycles. The van der Waals surface area contributed by atoms with E-state index in [0.29, 0.717) is 15.6 Å². The SMILES string of the molecule is Cc1nc2c(Cl)c(Cl)ccc2c(NN)c1C. The summed E-state index contributed by atoms with van der Waals surface area (Å²) in [5, 5.41) is 1.83. The van der Waals surface area contributed by atoms with Gasteiger partial charge in [-0.05, 0) is 31.5 Å². The quantitative estimate of drug-likeness (QED) is 0.607. The average molecular weight is 256 g/mol. The summed E-state index contributed by atoms with van der Waals surface area (Å²) in [7, 11) is 0. The summed E-state index contributed by atoms with van der Waals surface area (Å²) < 4.78 is 0. The Morgan fingerprint density at radius 2 is 1.94 bits per heavy atom.